The number of ether oxygens (including phenoxy) is 1. The van der Waals surface area contributed by atoms with Crippen LogP contribution in [0.2, 0.25) is 0 Å². The molecular weight excluding hydrogens is 350 g/mol. The average molecular weight is 371 g/mol. The van der Waals surface area contributed by atoms with Crippen molar-refractivity contribution in [2.24, 2.45) is 0 Å². The third kappa shape index (κ3) is 4.43. The molecule has 1 fully saturated rings. The number of furan rings is 1. The summed E-state index contributed by atoms with van der Waals surface area (Å²) in [6.07, 6.45) is 4.58. The Morgan fingerprint density at radius 1 is 1.19 bits per heavy atom. The molecule has 0 radical (unpaired) electrons. The zero-order valence-corrected chi connectivity index (χ0v) is 15.4. The predicted octanol–water partition coefficient (Wildman–Crippen LogP) is 2.52. The number of carbonyl (C=O) groups excluding carboxylic acids is 1. The molecule has 1 amide bonds. The fourth-order valence-electron chi connectivity index (χ4n) is 2.81. The van der Waals surface area contributed by atoms with Crippen LogP contribution < -0.4 is 15.0 Å². The fraction of sp³-hybridized carbons (Fsp3) is 0.263. The number of para-hydroxylation sites is 2. The summed E-state index contributed by atoms with van der Waals surface area (Å²) in [6.45, 7) is 3.08. The van der Waals surface area contributed by atoms with Crippen molar-refractivity contribution in [3.63, 3.8) is 0 Å². The number of rotatable bonds is 4. The predicted molar refractivity (Wildman–Crippen MR) is 105 cm³/mol. The largest absolute Gasteiger partial charge is 0.495 e. The molecule has 0 spiro atoms. The van der Waals surface area contributed by atoms with Crippen LogP contribution in [-0.4, -0.2) is 49.2 Å². The van der Waals surface area contributed by atoms with Crippen LogP contribution in [0.25, 0.3) is 6.08 Å². The molecule has 0 atom stereocenters. The van der Waals surface area contributed by atoms with E-state index in [1.54, 1.807) is 31.6 Å². The van der Waals surface area contributed by atoms with E-state index in [9.17, 15) is 4.79 Å². The summed E-state index contributed by atoms with van der Waals surface area (Å²) < 4.78 is 10.6. The Bertz CT molecular complexity index is 781. The van der Waals surface area contributed by atoms with Crippen LogP contribution >= 0.6 is 12.2 Å². The van der Waals surface area contributed by atoms with Gasteiger partial charge in [-0.1, -0.05) is 12.1 Å². The highest BCUT2D eigenvalue weighted by Gasteiger charge is 2.21. The summed E-state index contributed by atoms with van der Waals surface area (Å²) in [4.78, 5) is 16.2. The molecule has 1 aromatic carbocycles. The number of piperazine rings is 1. The number of methoxy groups -OCH3 is 1. The average Bonchev–Trinajstić information content (AvgIpc) is 3.20. The maximum atomic E-state index is 12.0. The SMILES string of the molecule is COc1ccccc1N1CCN(C(=S)NC(=O)C=Cc2ccco2)CC1. The van der Waals surface area contributed by atoms with Crippen LogP contribution in [0.15, 0.2) is 53.2 Å². The van der Waals surface area contributed by atoms with E-state index in [4.69, 9.17) is 21.4 Å². The number of hydrogen-bond donors (Lipinski definition) is 1. The molecule has 2 heterocycles. The Balaban J connectivity index is 1.51. The summed E-state index contributed by atoms with van der Waals surface area (Å²) in [5, 5.41) is 3.18. The monoisotopic (exact) mass is 371 g/mol. The lowest BCUT2D eigenvalue weighted by Gasteiger charge is -2.37. The van der Waals surface area contributed by atoms with Crippen LogP contribution in [0.3, 0.4) is 0 Å². The number of hydrogen-bond acceptors (Lipinski definition) is 5. The minimum Gasteiger partial charge on any atom is -0.495 e. The molecule has 0 aliphatic carbocycles. The molecule has 136 valence electrons. The van der Waals surface area contributed by atoms with Gasteiger partial charge >= 0.3 is 0 Å². The molecule has 26 heavy (non-hydrogen) atoms. The van der Waals surface area contributed by atoms with Gasteiger partial charge in [-0.2, -0.15) is 0 Å². The molecule has 6 nitrogen and oxygen atoms in total. The zero-order valence-electron chi connectivity index (χ0n) is 14.6. The van der Waals surface area contributed by atoms with Gasteiger partial charge in [-0.3, -0.25) is 10.1 Å². The van der Waals surface area contributed by atoms with Crippen molar-refractivity contribution < 1.29 is 13.9 Å². The molecule has 1 saturated heterocycles. The molecule has 2 aromatic rings. The van der Waals surface area contributed by atoms with E-state index in [2.05, 4.69) is 10.2 Å². The van der Waals surface area contributed by atoms with Crippen molar-refractivity contribution >= 4 is 35.0 Å². The van der Waals surface area contributed by atoms with Gasteiger partial charge in [0.05, 0.1) is 19.1 Å². The third-order valence-electron chi connectivity index (χ3n) is 4.17. The first-order valence-electron chi connectivity index (χ1n) is 8.37. The number of nitrogens with one attached hydrogen (secondary N) is 1. The number of carbonyl (C=O) groups is 1. The van der Waals surface area contributed by atoms with Crippen molar-refractivity contribution in [1.29, 1.82) is 0 Å². The second-order valence-electron chi connectivity index (χ2n) is 5.79. The molecule has 7 heteroatoms. The van der Waals surface area contributed by atoms with Gasteiger partial charge in [0.1, 0.15) is 11.5 Å². The zero-order chi connectivity index (χ0) is 18.4. The van der Waals surface area contributed by atoms with E-state index in [-0.39, 0.29) is 5.91 Å². The normalized spacial score (nSPS) is 14.5. The second kappa shape index (κ2) is 8.53. The summed E-state index contributed by atoms with van der Waals surface area (Å²) in [7, 11) is 1.68. The lowest BCUT2D eigenvalue weighted by atomic mass is 10.2. The van der Waals surface area contributed by atoms with Crippen LogP contribution in [0.5, 0.6) is 5.75 Å². The van der Waals surface area contributed by atoms with Gasteiger partial charge < -0.3 is 19.0 Å². The molecule has 1 aromatic heterocycles. The van der Waals surface area contributed by atoms with Crippen molar-refractivity contribution in [2.75, 3.05) is 38.2 Å². The number of benzene rings is 1. The molecule has 0 bridgehead atoms. The van der Waals surface area contributed by atoms with Gasteiger partial charge in [0, 0.05) is 32.3 Å². The van der Waals surface area contributed by atoms with Gasteiger partial charge in [0.15, 0.2) is 5.11 Å². The maximum absolute atomic E-state index is 12.0. The maximum Gasteiger partial charge on any atom is 0.250 e. The van der Waals surface area contributed by atoms with E-state index in [0.717, 1.165) is 37.6 Å². The first kappa shape index (κ1) is 18.0. The quantitative estimate of drug-likeness (QED) is 0.658. The van der Waals surface area contributed by atoms with Crippen molar-refractivity contribution in [3.05, 3.63) is 54.5 Å². The number of anilines is 1. The number of nitrogens with zero attached hydrogens (tertiary/aromatic N) is 2. The van der Waals surface area contributed by atoms with Gasteiger partial charge in [-0.15, -0.1) is 0 Å². The Labute approximate surface area is 158 Å². The standard InChI is InChI=1S/C19H21N3O3S/c1-24-17-7-3-2-6-16(17)21-10-12-22(13-11-21)19(26)20-18(23)9-8-15-5-4-14-25-15/h2-9,14H,10-13H2,1H3,(H,20,23,26). The Morgan fingerprint density at radius 2 is 1.96 bits per heavy atom. The van der Waals surface area contributed by atoms with E-state index in [1.807, 2.05) is 29.2 Å². The van der Waals surface area contributed by atoms with Crippen LogP contribution in [0, 0.1) is 0 Å². The second-order valence-corrected chi connectivity index (χ2v) is 6.18. The van der Waals surface area contributed by atoms with Crippen LogP contribution in [-0.2, 0) is 4.79 Å². The molecule has 1 aliphatic rings. The molecule has 3 rings (SSSR count). The van der Waals surface area contributed by atoms with Gasteiger partial charge in [0.2, 0.25) is 5.91 Å². The summed E-state index contributed by atoms with van der Waals surface area (Å²) >= 11 is 5.36. The molecule has 1 aliphatic heterocycles. The van der Waals surface area contributed by atoms with E-state index in [0.29, 0.717) is 10.9 Å². The molecule has 0 unspecified atom stereocenters. The highest BCUT2D eigenvalue weighted by Crippen LogP contribution is 2.28. The Kier molecular flexibility index (Phi) is 5.91. The van der Waals surface area contributed by atoms with Gasteiger partial charge in [-0.05, 0) is 42.6 Å². The Morgan fingerprint density at radius 3 is 2.65 bits per heavy atom. The van der Waals surface area contributed by atoms with Gasteiger partial charge in [-0.25, -0.2) is 0 Å². The summed E-state index contributed by atoms with van der Waals surface area (Å²) in [5.41, 5.74) is 1.07. The van der Waals surface area contributed by atoms with Crippen LogP contribution in [0.1, 0.15) is 5.76 Å². The lowest BCUT2D eigenvalue weighted by molar-refractivity contribution is -0.115. The summed E-state index contributed by atoms with van der Waals surface area (Å²) in [5.74, 6) is 1.22. The van der Waals surface area contributed by atoms with E-state index in [1.165, 1.54) is 6.08 Å². The smallest absolute Gasteiger partial charge is 0.250 e. The first-order chi connectivity index (χ1) is 12.7. The summed E-state index contributed by atoms with van der Waals surface area (Å²) in [6, 6.07) is 11.5. The number of thiocarbonyl (C=S) groups is 1. The van der Waals surface area contributed by atoms with E-state index >= 15 is 0 Å². The minimum absolute atomic E-state index is 0.265. The molecular formula is C19H21N3O3S. The van der Waals surface area contributed by atoms with Crippen molar-refractivity contribution in [2.45, 2.75) is 0 Å². The topological polar surface area (TPSA) is 58.0 Å². The van der Waals surface area contributed by atoms with Crippen molar-refractivity contribution in [3.8, 4) is 5.75 Å². The highest BCUT2D eigenvalue weighted by molar-refractivity contribution is 7.80. The molecule has 1 N–H and O–H groups in total. The fourth-order valence-corrected chi connectivity index (χ4v) is 3.09. The molecule has 0 saturated carbocycles. The number of amides is 1. The van der Waals surface area contributed by atoms with Gasteiger partial charge in [0.25, 0.3) is 0 Å². The highest BCUT2D eigenvalue weighted by atomic mass is 32.1. The van der Waals surface area contributed by atoms with Crippen LogP contribution in [0.4, 0.5) is 5.69 Å². The lowest BCUT2D eigenvalue weighted by Crippen LogP contribution is -2.52. The first-order valence-corrected chi connectivity index (χ1v) is 8.77. The Hall–Kier alpha value is -2.80. The minimum atomic E-state index is -0.265. The van der Waals surface area contributed by atoms with Crippen molar-refractivity contribution in [1.82, 2.24) is 10.2 Å². The van der Waals surface area contributed by atoms with E-state index < -0.39 is 0 Å². The third-order valence-corrected chi connectivity index (χ3v) is 4.53.